The molecule has 18 heavy (non-hydrogen) atoms. The van der Waals surface area contributed by atoms with Crippen molar-refractivity contribution in [2.45, 2.75) is 38.3 Å². The first-order valence-electron chi connectivity index (χ1n) is 6.90. The van der Waals surface area contributed by atoms with Gasteiger partial charge < -0.3 is 5.73 Å². The smallest absolute Gasteiger partial charge is 0.0701 e. The van der Waals surface area contributed by atoms with E-state index in [9.17, 15) is 0 Å². The zero-order chi connectivity index (χ0) is 12.7. The van der Waals surface area contributed by atoms with Crippen LogP contribution in [0.2, 0.25) is 0 Å². The molecule has 2 heterocycles. The molecule has 4 heteroatoms. The summed E-state index contributed by atoms with van der Waals surface area (Å²) in [6.45, 7) is 4.78. The van der Waals surface area contributed by atoms with Crippen molar-refractivity contribution in [2.75, 3.05) is 13.1 Å². The highest BCUT2D eigenvalue weighted by atomic mass is 79.9. The summed E-state index contributed by atoms with van der Waals surface area (Å²) < 4.78 is 1.23. The predicted molar refractivity (Wildman–Crippen MR) is 80.8 cm³/mol. The molecule has 0 aromatic carbocycles. The highest BCUT2D eigenvalue weighted by Crippen LogP contribution is 2.40. The first-order valence-corrected chi connectivity index (χ1v) is 8.51. The number of halogens is 1. The molecule has 100 valence electrons. The number of hydrogen-bond donors (Lipinski definition) is 1. The van der Waals surface area contributed by atoms with E-state index >= 15 is 0 Å². The normalized spacial score (nSPS) is 34.5. The lowest BCUT2D eigenvalue weighted by Gasteiger charge is -2.30. The highest BCUT2D eigenvalue weighted by Gasteiger charge is 2.40. The molecule has 1 saturated heterocycles. The van der Waals surface area contributed by atoms with Gasteiger partial charge >= 0.3 is 0 Å². The Morgan fingerprint density at radius 2 is 2.22 bits per heavy atom. The van der Waals surface area contributed by atoms with Crippen LogP contribution >= 0.6 is 27.3 Å². The molecule has 2 aliphatic rings. The van der Waals surface area contributed by atoms with E-state index in [1.807, 2.05) is 11.3 Å². The van der Waals surface area contributed by atoms with E-state index in [1.54, 1.807) is 0 Å². The van der Waals surface area contributed by atoms with Gasteiger partial charge in [0, 0.05) is 30.1 Å². The molecule has 3 rings (SSSR count). The quantitative estimate of drug-likeness (QED) is 0.898. The molecule has 1 aromatic rings. The van der Waals surface area contributed by atoms with Crippen molar-refractivity contribution in [3.05, 3.63) is 20.8 Å². The third-order valence-corrected chi connectivity index (χ3v) is 6.53. The number of hydrogen-bond acceptors (Lipinski definition) is 3. The van der Waals surface area contributed by atoms with E-state index in [-0.39, 0.29) is 0 Å². The first kappa shape index (κ1) is 13.1. The lowest BCUT2D eigenvalue weighted by molar-refractivity contribution is 0.247. The minimum Gasteiger partial charge on any atom is -0.327 e. The molecule has 1 aromatic heterocycles. The third-order valence-electron chi connectivity index (χ3n) is 4.74. The molecule has 2 fully saturated rings. The van der Waals surface area contributed by atoms with Crippen molar-refractivity contribution < 1.29 is 0 Å². The van der Waals surface area contributed by atoms with Crippen LogP contribution in [-0.2, 0) is 0 Å². The fourth-order valence-corrected chi connectivity index (χ4v) is 5.11. The van der Waals surface area contributed by atoms with E-state index in [2.05, 4.69) is 39.9 Å². The molecule has 2 nitrogen and oxygen atoms in total. The lowest BCUT2D eigenvalue weighted by atomic mass is 9.78. The van der Waals surface area contributed by atoms with Crippen LogP contribution in [0.1, 0.15) is 37.1 Å². The molecule has 0 spiro atoms. The summed E-state index contributed by atoms with van der Waals surface area (Å²) in [5.41, 5.74) is 6.29. The number of nitrogens with two attached hydrogens (primary N) is 1. The Hall–Kier alpha value is 0.1000. The zero-order valence-corrected chi connectivity index (χ0v) is 13.2. The number of thiophene rings is 1. The fraction of sp³-hybridized carbons (Fsp3) is 0.714. The van der Waals surface area contributed by atoms with Crippen LogP contribution in [0.3, 0.4) is 0 Å². The minimum atomic E-state index is 0.441. The summed E-state index contributed by atoms with van der Waals surface area (Å²) in [6.07, 6.45) is 3.94. The molecule has 2 N–H and O–H groups in total. The van der Waals surface area contributed by atoms with Crippen LogP contribution in [0, 0.1) is 11.8 Å². The largest absolute Gasteiger partial charge is 0.327 e. The third kappa shape index (κ3) is 2.40. The van der Waals surface area contributed by atoms with Gasteiger partial charge in [0.05, 0.1) is 3.79 Å². The number of likely N-dealkylation sites (tertiary alicyclic amines) is 1. The zero-order valence-electron chi connectivity index (χ0n) is 10.8. The molecule has 4 unspecified atom stereocenters. The summed E-state index contributed by atoms with van der Waals surface area (Å²) in [5.74, 6) is 1.59. The molecule has 4 atom stereocenters. The van der Waals surface area contributed by atoms with Crippen LogP contribution in [0.25, 0.3) is 0 Å². The van der Waals surface area contributed by atoms with Crippen molar-refractivity contribution in [2.24, 2.45) is 17.6 Å². The average Bonchev–Trinajstić information content (AvgIpc) is 2.95. The molecule has 0 radical (unpaired) electrons. The van der Waals surface area contributed by atoms with Crippen LogP contribution in [0.15, 0.2) is 15.9 Å². The standard InChI is InChI=1S/C14H21BrN2S/c1-9(13-5-6-14(15)18-13)17-7-10-3-2-4-12(16)11(10)8-17/h5-6,9-12H,2-4,7-8,16H2,1H3. The Morgan fingerprint density at radius 1 is 1.39 bits per heavy atom. The lowest BCUT2D eigenvalue weighted by Crippen LogP contribution is -2.38. The van der Waals surface area contributed by atoms with Gasteiger partial charge in [-0.15, -0.1) is 11.3 Å². The summed E-state index contributed by atoms with van der Waals surface area (Å²) in [5, 5.41) is 0. The summed E-state index contributed by atoms with van der Waals surface area (Å²) >= 11 is 5.42. The van der Waals surface area contributed by atoms with Crippen molar-refractivity contribution >= 4 is 27.3 Å². The Balaban J connectivity index is 1.71. The van der Waals surface area contributed by atoms with E-state index in [0.717, 1.165) is 11.8 Å². The van der Waals surface area contributed by atoms with Gasteiger partial charge in [-0.05, 0) is 59.7 Å². The predicted octanol–water partition coefficient (Wildman–Crippen LogP) is 3.63. The van der Waals surface area contributed by atoms with Gasteiger partial charge in [0.25, 0.3) is 0 Å². The van der Waals surface area contributed by atoms with E-state index in [1.165, 1.54) is 41.0 Å². The second kappa shape index (κ2) is 5.23. The maximum Gasteiger partial charge on any atom is 0.0701 e. The van der Waals surface area contributed by atoms with Gasteiger partial charge in [-0.1, -0.05) is 6.42 Å². The maximum absolute atomic E-state index is 6.29. The summed E-state index contributed by atoms with van der Waals surface area (Å²) in [4.78, 5) is 4.10. The molecule has 1 aliphatic heterocycles. The Labute approximate surface area is 122 Å². The number of rotatable bonds is 2. The molecule has 0 amide bonds. The molecular weight excluding hydrogens is 308 g/mol. The van der Waals surface area contributed by atoms with Crippen LogP contribution in [0.4, 0.5) is 0 Å². The number of nitrogens with zero attached hydrogens (tertiary/aromatic N) is 1. The van der Waals surface area contributed by atoms with Crippen molar-refractivity contribution in [3.8, 4) is 0 Å². The second-order valence-corrected chi connectivity index (χ2v) is 8.29. The van der Waals surface area contributed by atoms with Gasteiger partial charge in [-0.25, -0.2) is 0 Å². The Kier molecular flexibility index (Phi) is 3.81. The van der Waals surface area contributed by atoms with E-state index in [0.29, 0.717) is 12.1 Å². The van der Waals surface area contributed by atoms with Gasteiger partial charge in [-0.2, -0.15) is 0 Å². The highest BCUT2D eigenvalue weighted by molar-refractivity contribution is 9.11. The molecule has 0 bridgehead atoms. The van der Waals surface area contributed by atoms with Crippen molar-refractivity contribution in [3.63, 3.8) is 0 Å². The van der Waals surface area contributed by atoms with Gasteiger partial charge in [0.15, 0.2) is 0 Å². The van der Waals surface area contributed by atoms with Gasteiger partial charge in [-0.3, -0.25) is 4.90 Å². The van der Waals surface area contributed by atoms with Crippen molar-refractivity contribution in [1.82, 2.24) is 4.90 Å². The fourth-order valence-electron chi connectivity index (χ4n) is 3.60. The molecule has 1 aliphatic carbocycles. The Morgan fingerprint density at radius 3 is 2.89 bits per heavy atom. The van der Waals surface area contributed by atoms with Crippen LogP contribution < -0.4 is 5.73 Å². The SMILES string of the molecule is CC(c1ccc(Br)s1)N1CC2CCCC(N)C2C1. The summed E-state index contributed by atoms with van der Waals surface area (Å²) in [7, 11) is 0. The average molecular weight is 329 g/mol. The number of fused-ring (bicyclic) bond motifs is 1. The molecule has 1 saturated carbocycles. The monoisotopic (exact) mass is 328 g/mol. The van der Waals surface area contributed by atoms with E-state index in [4.69, 9.17) is 5.73 Å². The van der Waals surface area contributed by atoms with Crippen molar-refractivity contribution in [1.29, 1.82) is 0 Å². The Bertz CT molecular complexity index is 420. The van der Waals surface area contributed by atoms with Crippen LogP contribution in [-0.4, -0.2) is 24.0 Å². The molecular formula is C14H21BrN2S. The topological polar surface area (TPSA) is 29.3 Å². The van der Waals surface area contributed by atoms with E-state index < -0.39 is 0 Å². The van der Waals surface area contributed by atoms with Crippen LogP contribution in [0.5, 0.6) is 0 Å². The maximum atomic E-state index is 6.29. The summed E-state index contributed by atoms with van der Waals surface area (Å²) in [6, 6.07) is 5.39. The van der Waals surface area contributed by atoms with Gasteiger partial charge in [0.2, 0.25) is 0 Å². The second-order valence-electron chi connectivity index (χ2n) is 5.79. The van der Waals surface area contributed by atoms with Gasteiger partial charge in [0.1, 0.15) is 0 Å². The first-order chi connectivity index (χ1) is 8.65. The minimum absolute atomic E-state index is 0.441.